The lowest BCUT2D eigenvalue weighted by Gasteiger charge is -2.22. The highest BCUT2D eigenvalue weighted by Gasteiger charge is 2.14. The number of para-hydroxylation sites is 1. The third-order valence-electron chi connectivity index (χ3n) is 4.00. The summed E-state index contributed by atoms with van der Waals surface area (Å²) in [6.07, 6.45) is 6.48. The van der Waals surface area contributed by atoms with Crippen molar-refractivity contribution in [3.63, 3.8) is 0 Å². The number of urea groups is 1. The highest BCUT2D eigenvalue weighted by Crippen LogP contribution is 2.23. The fourth-order valence-electron chi connectivity index (χ4n) is 2.80. The standard InChI is InChI=1S/C16H24N2O/c1-12-7-6-8-13(2)15(12)18-16(19)17-11-14-9-4-3-5-10-14/h6-8,14H,3-5,9-11H2,1-2H3,(H2,17,18,19). The molecular formula is C16H24N2O. The Labute approximate surface area is 115 Å². The lowest BCUT2D eigenvalue weighted by atomic mass is 9.89. The van der Waals surface area contributed by atoms with Gasteiger partial charge in [-0.15, -0.1) is 0 Å². The number of carbonyl (C=O) groups is 1. The molecule has 2 amide bonds. The largest absolute Gasteiger partial charge is 0.338 e. The van der Waals surface area contributed by atoms with E-state index >= 15 is 0 Å². The minimum atomic E-state index is -0.0806. The lowest BCUT2D eigenvalue weighted by Crippen LogP contribution is -2.34. The molecule has 0 heterocycles. The summed E-state index contributed by atoms with van der Waals surface area (Å²) in [5.74, 6) is 0.664. The van der Waals surface area contributed by atoms with Crippen molar-refractivity contribution >= 4 is 11.7 Å². The van der Waals surface area contributed by atoms with Crippen LogP contribution < -0.4 is 10.6 Å². The van der Waals surface area contributed by atoms with Gasteiger partial charge in [-0.2, -0.15) is 0 Å². The second kappa shape index (κ2) is 6.60. The summed E-state index contributed by atoms with van der Waals surface area (Å²) >= 11 is 0. The van der Waals surface area contributed by atoms with Crippen molar-refractivity contribution in [1.82, 2.24) is 5.32 Å². The monoisotopic (exact) mass is 260 g/mol. The van der Waals surface area contributed by atoms with Gasteiger partial charge in [0.05, 0.1) is 0 Å². The molecule has 0 atom stereocenters. The van der Waals surface area contributed by atoms with Crippen LogP contribution in [0.25, 0.3) is 0 Å². The molecule has 3 nitrogen and oxygen atoms in total. The number of hydrogen-bond acceptors (Lipinski definition) is 1. The van der Waals surface area contributed by atoms with Crippen molar-refractivity contribution in [1.29, 1.82) is 0 Å². The van der Waals surface area contributed by atoms with Crippen LogP contribution in [-0.4, -0.2) is 12.6 Å². The minimum absolute atomic E-state index is 0.0806. The molecule has 0 aromatic heterocycles. The van der Waals surface area contributed by atoms with E-state index in [9.17, 15) is 4.79 Å². The van der Waals surface area contributed by atoms with Crippen molar-refractivity contribution < 1.29 is 4.79 Å². The van der Waals surface area contributed by atoms with Gasteiger partial charge in [0, 0.05) is 12.2 Å². The molecule has 0 radical (unpaired) electrons. The summed E-state index contributed by atoms with van der Waals surface area (Å²) in [5, 5.41) is 5.97. The SMILES string of the molecule is Cc1cccc(C)c1NC(=O)NCC1CCCCC1. The van der Waals surface area contributed by atoms with Crippen molar-refractivity contribution in [3.05, 3.63) is 29.3 Å². The molecule has 0 bridgehead atoms. The molecule has 1 aromatic carbocycles. The van der Waals surface area contributed by atoms with Gasteiger partial charge in [0.15, 0.2) is 0 Å². The Bertz CT molecular complexity index is 416. The van der Waals surface area contributed by atoms with Crippen LogP contribution in [0.1, 0.15) is 43.2 Å². The second-order valence-electron chi connectivity index (χ2n) is 5.61. The number of aryl methyl sites for hydroxylation is 2. The van der Waals surface area contributed by atoms with E-state index in [0.717, 1.165) is 23.4 Å². The average Bonchev–Trinajstić information content (AvgIpc) is 2.42. The Kier molecular flexibility index (Phi) is 4.83. The van der Waals surface area contributed by atoms with Gasteiger partial charge in [-0.1, -0.05) is 37.5 Å². The molecule has 2 rings (SSSR count). The number of anilines is 1. The Balaban J connectivity index is 1.83. The zero-order valence-electron chi connectivity index (χ0n) is 12.0. The Morgan fingerprint density at radius 3 is 2.42 bits per heavy atom. The molecule has 1 aliphatic rings. The Morgan fingerprint density at radius 2 is 1.79 bits per heavy atom. The molecular weight excluding hydrogens is 236 g/mol. The van der Waals surface area contributed by atoms with Gasteiger partial charge in [-0.05, 0) is 43.7 Å². The van der Waals surface area contributed by atoms with E-state index in [2.05, 4.69) is 10.6 Å². The summed E-state index contributed by atoms with van der Waals surface area (Å²) in [5.41, 5.74) is 3.14. The third kappa shape index (κ3) is 3.98. The number of amides is 2. The molecule has 1 aromatic rings. The highest BCUT2D eigenvalue weighted by molar-refractivity contribution is 5.90. The normalized spacial score (nSPS) is 16.1. The molecule has 0 spiro atoms. The second-order valence-corrected chi connectivity index (χ2v) is 5.61. The molecule has 0 saturated heterocycles. The highest BCUT2D eigenvalue weighted by atomic mass is 16.2. The fraction of sp³-hybridized carbons (Fsp3) is 0.562. The van der Waals surface area contributed by atoms with Crippen LogP contribution >= 0.6 is 0 Å². The number of carbonyl (C=O) groups excluding carboxylic acids is 1. The maximum absolute atomic E-state index is 11.9. The van der Waals surface area contributed by atoms with Gasteiger partial charge in [-0.25, -0.2) is 4.79 Å². The number of rotatable bonds is 3. The van der Waals surface area contributed by atoms with E-state index in [-0.39, 0.29) is 6.03 Å². The Hall–Kier alpha value is -1.51. The molecule has 3 heteroatoms. The molecule has 1 aliphatic carbocycles. The van der Waals surface area contributed by atoms with E-state index in [1.807, 2.05) is 32.0 Å². The summed E-state index contributed by atoms with van der Waals surface area (Å²) in [4.78, 5) is 11.9. The van der Waals surface area contributed by atoms with Crippen LogP contribution in [0.2, 0.25) is 0 Å². The number of benzene rings is 1. The van der Waals surface area contributed by atoms with Crippen molar-refractivity contribution in [2.75, 3.05) is 11.9 Å². The van der Waals surface area contributed by atoms with Crippen LogP contribution in [0.5, 0.6) is 0 Å². The molecule has 104 valence electrons. The van der Waals surface area contributed by atoms with Crippen molar-refractivity contribution in [2.45, 2.75) is 46.0 Å². The first-order chi connectivity index (χ1) is 9.16. The van der Waals surface area contributed by atoms with Gasteiger partial charge >= 0.3 is 6.03 Å². The predicted octanol–water partition coefficient (Wildman–Crippen LogP) is 4.01. The molecule has 2 N–H and O–H groups in total. The summed E-state index contributed by atoms with van der Waals surface area (Å²) in [7, 11) is 0. The van der Waals surface area contributed by atoms with E-state index in [1.165, 1.54) is 32.1 Å². The van der Waals surface area contributed by atoms with E-state index in [1.54, 1.807) is 0 Å². The first kappa shape index (κ1) is 13.9. The van der Waals surface area contributed by atoms with Gasteiger partial charge in [0.25, 0.3) is 0 Å². The van der Waals surface area contributed by atoms with Crippen LogP contribution in [0.3, 0.4) is 0 Å². The van der Waals surface area contributed by atoms with E-state index in [0.29, 0.717) is 5.92 Å². The van der Waals surface area contributed by atoms with E-state index in [4.69, 9.17) is 0 Å². The lowest BCUT2D eigenvalue weighted by molar-refractivity contribution is 0.247. The van der Waals surface area contributed by atoms with E-state index < -0.39 is 0 Å². The van der Waals surface area contributed by atoms with Crippen LogP contribution in [0.4, 0.5) is 10.5 Å². The smallest absolute Gasteiger partial charge is 0.319 e. The minimum Gasteiger partial charge on any atom is -0.338 e. The molecule has 0 unspecified atom stereocenters. The van der Waals surface area contributed by atoms with Gasteiger partial charge in [-0.3, -0.25) is 0 Å². The zero-order valence-corrected chi connectivity index (χ0v) is 12.0. The maximum atomic E-state index is 11.9. The summed E-state index contributed by atoms with van der Waals surface area (Å²) in [6.45, 7) is 4.84. The quantitative estimate of drug-likeness (QED) is 0.847. The fourth-order valence-corrected chi connectivity index (χ4v) is 2.80. The van der Waals surface area contributed by atoms with Crippen LogP contribution in [0.15, 0.2) is 18.2 Å². The average molecular weight is 260 g/mol. The third-order valence-corrected chi connectivity index (χ3v) is 4.00. The van der Waals surface area contributed by atoms with Crippen LogP contribution in [0, 0.1) is 19.8 Å². The van der Waals surface area contributed by atoms with Crippen LogP contribution in [-0.2, 0) is 0 Å². The first-order valence-electron chi connectivity index (χ1n) is 7.28. The zero-order chi connectivity index (χ0) is 13.7. The van der Waals surface area contributed by atoms with Gasteiger partial charge < -0.3 is 10.6 Å². The molecule has 0 aliphatic heterocycles. The maximum Gasteiger partial charge on any atom is 0.319 e. The summed E-state index contributed by atoms with van der Waals surface area (Å²) < 4.78 is 0. The topological polar surface area (TPSA) is 41.1 Å². The van der Waals surface area contributed by atoms with Crippen molar-refractivity contribution in [2.24, 2.45) is 5.92 Å². The predicted molar refractivity (Wildman–Crippen MR) is 79.5 cm³/mol. The Morgan fingerprint density at radius 1 is 1.16 bits per heavy atom. The van der Waals surface area contributed by atoms with Gasteiger partial charge in [0.2, 0.25) is 0 Å². The number of hydrogen-bond donors (Lipinski definition) is 2. The molecule has 1 saturated carbocycles. The van der Waals surface area contributed by atoms with Crippen molar-refractivity contribution in [3.8, 4) is 0 Å². The molecule has 1 fully saturated rings. The number of nitrogens with one attached hydrogen (secondary N) is 2. The van der Waals surface area contributed by atoms with Gasteiger partial charge in [0.1, 0.15) is 0 Å². The molecule has 19 heavy (non-hydrogen) atoms. The first-order valence-corrected chi connectivity index (χ1v) is 7.28. The summed E-state index contributed by atoms with van der Waals surface area (Å²) in [6, 6.07) is 5.96.